The molecule has 10 rings (SSSR count). The molecule has 0 aliphatic rings. The van der Waals surface area contributed by atoms with Crippen molar-refractivity contribution in [1.29, 1.82) is 0 Å². The minimum atomic E-state index is -2.51. The molecule has 418 valence electrons. The van der Waals surface area contributed by atoms with Gasteiger partial charge in [-0.3, -0.25) is 4.98 Å². The molecule has 0 aromatic carbocycles. The van der Waals surface area contributed by atoms with Crippen molar-refractivity contribution in [2.45, 2.75) is 74.0 Å². The van der Waals surface area contributed by atoms with E-state index in [4.69, 9.17) is 17.5 Å². The quantitative estimate of drug-likeness (QED) is 0.0687. The molecule has 11 nitrogen and oxygen atoms in total. The molecule has 82 heavy (non-hydrogen) atoms. The monoisotopic (exact) mass is 1110 g/mol. The highest BCUT2D eigenvalue weighted by Gasteiger charge is 2.21. The summed E-state index contributed by atoms with van der Waals surface area (Å²) in [5.41, 5.74) is 12.5. The molecular formula is C67H72F4N11+5. The van der Waals surface area contributed by atoms with Crippen LogP contribution < -0.4 is 22.8 Å². The van der Waals surface area contributed by atoms with Gasteiger partial charge in [-0.2, -0.15) is 22.5 Å². The van der Waals surface area contributed by atoms with Crippen LogP contribution in [0.15, 0.2) is 171 Å². The van der Waals surface area contributed by atoms with Crippen molar-refractivity contribution in [2.75, 3.05) is 0 Å². The number of hydrogen-bond acceptors (Lipinski definition) is 5. The third-order valence-electron chi connectivity index (χ3n) is 13.2. The van der Waals surface area contributed by atoms with Crippen LogP contribution in [0.2, 0.25) is 0 Å². The largest absolute Gasteiger partial charge is 0.360 e. The van der Waals surface area contributed by atoms with E-state index in [0.717, 1.165) is 61.7 Å². The molecule has 0 amide bonds. The smallest absolute Gasteiger partial charge is 0.283 e. The number of halogens is 4. The van der Waals surface area contributed by atoms with Gasteiger partial charge >= 0.3 is 0 Å². The van der Waals surface area contributed by atoms with Gasteiger partial charge in [0.2, 0.25) is 52.3 Å². The molecule has 0 bridgehead atoms. The van der Waals surface area contributed by atoms with Crippen molar-refractivity contribution in [3.63, 3.8) is 0 Å². The third-order valence-corrected chi connectivity index (χ3v) is 13.2. The second kappa shape index (κ2) is 28.7. The molecule has 10 aromatic rings. The molecule has 0 saturated carbocycles. The molecule has 2 unspecified atom stereocenters. The lowest BCUT2D eigenvalue weighted by molar-refractivity contribution is -0.661. The molecule has 15 heteroatoms. The summed E-state index contributed by atoms with van der Waals surface area (Å²) in [6.45, 7) is 14.1. The van der Waals surface area contributed by atoms with E-state index >= 15 is 0 Å². The minimum Gasteiger partial charge on any atom is -0.360 e. The van der Waals surface area contributed by atoms with E-state index in [1.165, 1.54) is 38.4 Å². The number of hydrogen-bond donors (Lipinski definition) is 0. The standard InChI is InChI=1S/C18H25N2.C13H12N3.C12H11F2N2.2C12H12FN2/c1-12(2)15-7-8-18(20(6)11-15)16-10-19-17(13(3)4)9-14(16)5;1-10-7-8-15-13(14-2)12(10)11-6-4-5-9-16(11)3;1-8-7-10(13)15-12(14)11(8)9-5-3-4-6-16(9)2;1-9-6-7-14-12(13)11(9)10-5-3-4-8-15(10)2;1-9-7-12(13)14-8-10(9)11-5-3-4-6-15(11)2/h7-13H,1-6H3;4-9H,1,3H3;3-7H,1-2H3;2*3-8H,1-2H3/q5*+1/i1D3,3D3,12D,13D;;;;. The highest BCUT2D eigenvalue weighted by molar-refractivity contribution is 5.74. The van der Waals surface area contributed by atoms with Crippen molar-refractivity contribution < 1.29 is 51.4 Å². The van der Waals surface area contributed by atoms with Crippen molar-refractivity contribution >= 4 is 5.82 Å². The fourth-order valence-electron chi connectivity index (χ4n) is 8.76. The SMILES string of the molecule is Cc1cc(F)nc(F)c1-c1cccc[n+]1C.Cc1cc(F)ncc1-c1cccc[n+]1C.Cc1ccnc(F)c1-c1cccc[n+]1C.[2H]C([2H])([2H])C([2H])(C)c1ccc(-c2cnc(C([2H])(C)C([2H])([2H])[2H])cc2C)[n+](C)c1.[C-]#[N+]c1nccc(C)c1-c1cccc[n+]1C. The summed E-state index contributed by atoms with van der Waals surface area (Å²) in [4.78, 5) is 22.4. The van der Waals surface area contributed by atoms with Crippen LogP contribution >= 0.6 is 0 Å². The number of pyridine rings is 10. The lowest BCUT2D eigenvalue weighted by atomic mass is 10.0. The summed E-state index contributed by atoms with van der Waals surface area (Å²) in [6.07, 6.45) is 15.5. The molecule has 10 aromatic heterocycles. The molecule has 0 saturated heterocycles. The highest BCUT2D eigenvalue weighted by atomic mass is 19.1. The van der Waals surface area contributed by atoms with Crippen LogP contribution in [0.25, 0.3) is 61.1 Å². The first-order chi connectivity index (χ1) is 42.2. The Labute approximate surface area is 491 Å². The first-order valence-corrected chi connectivity index (χ1v) is 25.9. The molecule has 2 atom stereocenters. The number of aryl methyl sites for hydroxylation is 10. The summed E-state index contributed by atoms with van der Waals surface area (Å²) in [7, 11) is 9.37. The predicted molar refractivity (Wildman–Crippen MR) is 312 cm³/mol. The molecular weight excluding hydrogens is 1030 g/mol. The van der Waals surface area contributed by atoms with E-state index in [1.54, 1.807) is 92.2 Å². The first kappa shape index (κ1) is 50.9. The summed E-state index contributed by atoms with van der Waals surface area (Å²) < 4.78 is 124. The van der Waals surface area contributed by atoms with Gasteiger partial charge in [0.05, 0.1) is 16.7 Å². The molecule has 0 aliphatic carbocycles. The number of rotatable bonds is 7. The van der Waals surface area contributed by atoms with Crippen LogP contribution in [-0.4, -0.2) is 24.9 Å². The Kier molecular flexibility index (Phi) is 17.8. The van der Waals surface area contributed by atoms with Crippen LogP contribution in [-0.2, 0) is 35.2 Å². The maximum absolute atomic E-state index is 13.6. The highest BCUT2D eigenvalue weighted by Crippen LogP contribution is 2.30. The second-order valence-electron chi connectivity index (χ2n) is 19.3. The molecule has 0 fully saturated rings. The molecule has 0 N–H and O–H groups in total. The van der Waals surface area contributed by atoms with Crippen LogP contribution in [0.3, 0.4) is 0 Å². The van der Waals surface area contributed by atoms with Crippen molar-refractivity contribution in [2.24, 2.45) is 35.2 Å². The lowest BCUT2D eigenvalue weighted by Gasteiger charge is -2.10. The lowest BCUT2D eigenvalue weighted by Crippen LogP contribution is -2.31. The minimum absolute atomic E-state index is 0.161. The molecule has 10 heterocycles. The average Bonchev–Trinajstić information content (AvgIpc) is 0.840. The third kappa shape index (κ3) is 15.7. The zero-order valence-corrected chi connectivity index (χ0v) is 48.1. The fourth-order valence-corrected chi connectivity index (χ4v) is 8.76. The predicted octanol–water partition coefficient (Wildman–Crippen LogP) is 12.8. The Morgan fingerprint density at radius 3 is 1.41 bits per heavy atom. The Hall–Kier alpha value is -9.29. The van der Waals surface area contributed by atoms with E-state index in [9.17, 15) is 17.6 Å². The Morgan fingerprint density at radius 1 is 0.476 bits per heavy atom. The van der Waals surface area contributed by atoms with Crippen LogP contribution in [0.5, 0.6) is 0 Å². The zero-order chi connectivity index (χ0) is 66.6. The van der Waals surface area contributed by atoms with Gasteiger partial charge in [0.1, 0.15) is 52.6 Å². The van der Waals surface area contributed by atoms with E-state index in [-0.39, 0.29) is 5.69 Å². The summed E-state index contributed by atoms with van der Waals surface area (Å²) >= 11 is 0. The van der Waals surface area contributed by atoms with Crippen LogP contribution in [0, 0.1) is 65.0 Å². The van der Waals surface area contributed by atoms with Gasteiger partial charge in [0.25, 0.3) is 5.82 Å². The van der Waals surface area contributed by atoms with Crippen molar-refractivity contribution in [1.82, 2.24) is 24.9 Å². The average molecular weight is 1120 g/mol. The Morgan fingerprint density at radius 2 is 0.939 bits per heavy atom. The number of aromatic nitrogens is 10. The first-order valence-electron chi connectivity index (χ1n) is 29.9. The summed E-state index contributed by atoms with van der Waals surface area (Å²) in [5.74, 6) is -5.53. The maximum atomic E-state index is 13.6. The van der Waals surface area contributed by atoms with Gasteiger partial charge in [0.15, 0.2) is 31.0 Å². The molecule has 0 radical (unpaired) electrons. The summed E-state index contributed by atoms with van der Waals surface area (Å²) in [5, 5.41) is 0. The number of nitrogens with zero attached hydrogens (tertiary/aromatic N) is 11. The molecule has 0 aliphatic heterocycles. The summed E-state index contributed by atoms with van der Waals surface area (Å²) in [6, 6.07) is 34.3. The second-order valence-corrected chi connectivity index (χ2v) is 19.3. The normalized spacial score (nSPS) is 13.7. The van der Waals surface area contributed by atoms with Crippen LogP contribution in [0.1, 0.15) is 89.4 Å². The van der Waals surface area contributed by atoms with Gasteiger partial charge in [-0.1, -0.05) is 34.1 Å². The van der Waals surface area contributed by atoms with Gasteiger partial charge < -0.3 is 4.85 Å². The van der Waals surface area contributed by atoms with Gasteiger partial charge in [-0.05, 0) is 135 Å². The Bertz CT molecular complexity index is 4110. The van der Waals surface area contributed by atoms with E-state index in [1.807, 2.05) is 147 Å². The van der Waals surface area contributed by atoms with Crippen LogP contribution in [0.4, 0.5) is 23.4 Å². The molecule has 0 spiro atoms. The van der Waals surface area contributed by atoms with E-state index < -0.39 is 49.3 Å². The Balaban J connectivity index is 0.000000184. The fraction of sp³-hybridized carbons (Fsp3) is 0.239. The van der Waals surface area contributed by atoms with Gasteiger partial charge in [-0.15, -0.1) is 4.98 Å². The van der Waals surface area contributed by atoms with E-state index in [2.05, 4.69) is 29.8 Å². The van der Waals surface area contributed by atoms with Crippen molar-refractivity contribution in [3.8, 4) is 56.3 Å². The van der Waals surface area contributed by atoms with E-state index in [0.29, 0.717) is 33.8 Å². The maximum Gasteiger partial charge on any atom is 0.283 e. The van der Waals surface area contributed by atoms with Gasteiger partial charge in [0, 0.05) is 95.4 Å². The van der Waals surface area contributed by atoms with Gasteiger partial charge in [-0.25, -0.2) is 32.8 Å². The topological polar surface area (TPSA) is 88.2 Å². The van der Waals surface area contributed by atoms with Crippen molar-refractivity contribution in [3.05, 3.63) is 245 Å². The zero-order valence-electron chi connectivity index (χ0n) is 56.1.